The lowest BCUT2D eigenvalue weighted by molar-refractivity contribution is -0.141. The van der Waals surface area contributed by atoms with E-state index >= 15 is 0 Å². The number of nitrogen functional groups attached to an aromatic ring is 1. The number of rotatable bonds is 1. The van der Waals surface area contributed by atoms with Gasteiger partial charge in [0.15, 0.2) is 0 Å². The molecule has 4 nitrogen and oxygen atoms in total. The first kappa shape index (κ1) is 14.4. The largest absolute Gasteiger partial charge is 0.433 e. The summed E-state index contributed by atoms with van der Waals surface area (Å²) in [5.41, 5.74) is 5.75. The van der Waals surface area contributed by atoms with Crippen molar-refractivity contribution in [2.75, 3.05) is 30.8 Å². The molecule has 2 bridgehead atoms. The average molecular weight is 300 g/mol. The Labute approximate surface area is 121 Å². The Hall–Kier alpha value is -1.50. The van der Waals surface area contributed by atoms with Crippen LogP contribution < -0.4 is 10.6 Å². The van der Waals surface area contributed by atoms with Crippen molar-refractivity contribution in [2.24, 2.45) is 0 Å². The van der Waals surface area contributed by atoms with Crippen LogP contribution in [0.4, 0.5) is 24.5 Å². The van der Waals surface area contributed by atoms with E-state index in [9.17, 15) is 13.2 Å². The molecule has 3 heterocycles. The van der Waals surface area contributed by atoms with Gasteiger partial charge in [-0.25, -0.2) is 4.98 Å². The zero-order valence-electron chi connectivity index (χ0n) is 11.9. The first-order chi connectivity index (χ1) is 9.86. The molecule has 2 saturated heterocycles. The standard InChI is InChI=1S/C14H19F3N4/c1-20-9-2-3-10(20)8-21(5-4-9)12-6-13(14(15,16)17)19-7-11(12)18/h6-7,9-10H,2-5,8,18H2,1H3. The molecule has 0 aromatic carbocycles. The summed E-state index contributed by atoms with van der Waals surface area (Å²) >= 11 is 0. The van der Waals surface area contributed by atoms with Gasteiger partial charge in [-0.1, -0.05) is 0 Å². The second kappa shape index (κ2) is 5.05. The normalized spacial score (nSPS) is 27.0. The van der Waals surface area contributed by atoms with Gasteiger partial charge in [-0.15, -0.1) is 0 Å². The zero-order chi connectivity index (χ0) is 15.2. The number of pyridine rings is 1. The van der Waals surface area contributed by atoms with Crippen LogP contribution in [0.3, 0.4) is 0 Å². The number of alkyl halides is 3. The van der Waals surface area contributed by atoms with Crippen LogP contribution in [0.2, 0.25) is 0 Å². The van der Waals surface area contributed by atoms with Crippen molar-refractivity contribution >= 4 is 11.4 Å². The van der Waals surface area contributed by atoms with E-state index in [4.69, 9.17) is 5.73 Å². The van der Waals surface area contributed by atoms with E-state index in [1.165, 1.54) is 6.42 Å². The minimum absolute atomic E-state index is 0.309. The molecule has 2 unspecified atom stereocenters. The first-order valence-electron chi connectivity index (χ1n) is 7.16. The van der Waals surface area contributed by atoms with Crippen molar-refractivity contribution in [3.05, 3.63) is 18.0 Å². The second-order valence-corrected chi connectivity index (χ2v) is 5.91. The summed E-state index contributed by atoms with van der Waals surface area (Å²) in [5, 5.41) is 0. The van der Waals surface area contributed by atoms with Gasteiger partial charge in [0.05, 0.1) is 17.6 Å². The highest BCUT2D eigenvalue weighted by Crippen LogP contribution is 2.35. The highest BCUT2D eigenvalue weighted by atomic mass is 19.4. The van der Waals surface area contributed by atoms with Gasteiger partial charge in [0, 0.05) is 25.2 Å². The van der Waals surface area contributed by atoms with Crippen LogP contribution in [-0.2, 0) is 6.18 Å². The SMILES string of the molecule is CN1C2CCC1CN(c1cc(C(F)(F)F)ncc1N)CC2. The Bertz CT molecular complexity index is 531. The van der Waals surface area contributed by atoms with Crippen LogP contribution in [0.15, 0.2) is 12.3 Å². The smallest absolute Gasteiger partial charge is 0.396 e. The summed E-state index contributed by atoms with van der Waals surface area (Å²) in [4.78, 5) is 7.73. The molecule has 3 rings (SSSR count). The first-order valence-corrected chi connectivity index (χ1v) is 7.16. The Morgan fingerprint density at radius 1 is 1.24 bits per heavy atom. The lowest BCUT2D eigenvalue weighted by atomic mass is 10.1. The average Bonchev–Trinajstić information content (AvgIpc) is 2.63. The van der Waals surface area contributed by atoms with Crippen LogP contribution in [0, 0.1) is 0 Å². The number of likely N-dealkylation sites (N-methyl/N-ethyl adjacent to an activating group) is 1. The van der Waals surface area contributed by atoms with E-state index in [1.807, 2.05) is 4.90 Å². The molecular formula is C14H19F3N4. The fourth-order valence-electron chi connectivity index (χ4n) is 3.41. The molecule has 0 saturated carbocycles. The number of nitrogens with zero attached hydrogens (tertiary/aromatic N) is 3. The number of aromatic nitrogens is 1. The summed E-state index contributed by atoms with van der Waals surface area (Å²) in [6.45, 7) is 1.45. The highest BCUT2D eigenvalue weighted by molar-refractivity contribution is 5.67. The zero-order valence-corrected chi connectivity index (χ0v) is 11.9. The number of anilines is 2. The summed E-state index contributed by atoms with van der Waals surface area (Å²) in [5.74, 6) is 0. The predicted molar refractivity (Wildman–Crippen MR) is 75.1 cm³/mol. The third-order valence-electron chi connectivity index (χ3n) is 4.69. The number of fused-ring (bicyclic) bond motifs is 2. The van der Waals surface area contributed by atoms with Gasteiger partial charge < -0.3 is 10.6 Å². The van der Waals surface area contributed by atoms with Gasteiger partial charge in [0.1, 0.15) is 5.69 Å². The van der Waals surface area contributed by atoms with E-state index < -0.39 is 11.9 Å². The third-order valence-corrected chi connectivity index (χ3v) is 4.69. The molecular weight excluding hydrogens is 281 g/mol. The van der Waals surface area contributed by atoms with Crippen molar-refractivity contribution in [2.45, 2.75) is 37.5 Å². The maximum Gasteiger partial charge on any atom is 0.433 e. The van der Waals surface area contributed by atoms with Crippen molar-refractivity contribution in [1.29, 1.82) is 0 Å². The van der Waals surface area contributed by atoms with Crippen LogP contribution >= 0.6 is 0 Å². The molecule has 116 valence electrons. The fraction of sp³-hybridized carbons (Fsp3) is 0.643. The minimum atomic E-state index is -4.44. The quantitative estimate of drug-likeness (QED) is 0.865. The second-order valence-electron chi connectivity index (χ2n) is 5.91. The molecule has 2 aliphatic rings. The van der Waals surface area contributed by atoms with Gasteiger partial charge in [-0.2, -0.15) is 13.2 Å². The number of nitrogens with two attached hydrogens (primary N) is 1. The molecule has 1 aromatic rings. The molecule has 0 spiro atoms. The summed E-state index contributed by atoms with van der Waals surface area (Å²) < 4.78 is 38.5. The van der Waals surface area contributed by atoms with Crippen molar-refractivity contribution < 1.29 is 13.2 Å². The van der Waals surface area contributed by atoms with Gasteiger partial charge in [-0.3, -0.25) is 4.90 Å². The lowest BCUT2D eigenvalue weighted by Gasteiger charge is -2.28. The Morgan fingerprint density at radius 3 is 2.67 bits per heavy atom. The Morgan fingerprint density at radius 2 is 1.95 bits per heavy atom. The van der Waals surface area contributed by atoms with Crippen molar-refractivity contribution in [3.63, 3.8) is 0 Å². The Kier molecular flexibility index (Phi) is 3.47. The number of hydrogen-bond donors (Lipinski definition) is 1. The molecule has 2 atom stereocenters. The van der Waals surface area contributed by atoms with E-state index in [1.54, 1.807) is 0 Å². The maximum atomic E-state index is 12.8. The lowest BCUT2D eigenvalue weighted by Crippen LogP contribution is -2.37. The molecule has 0 aliphatic carbocycles. The van der Waals surface area contributed by atoms with Crippen LogP contribution in [0.25, 0.3) is 0 Å². The monoisotopic (exact) mass is 300 g/mol. The van der Waals surface area contributed by atoms with Gasteiger partial charge in [0.2, 0.25) is 0 Å². The van der Waals surface area contributed by atoms with Crippen LogP contribution in [-0.4, -0.2) is 42.1 Å². The van der Waals surface area contributed by atoms with Crippen molar-refractivity contribution in [3.8, 4) is 0 Å². The van der Waals surface area contributed by atoms with Gasteiger partial charge >= 0.3 is 6.18 Å². The third kappa shape index (κ3) is 2.66. The van der Waals surface area contributed by atoms with Crippen molar-refractivity contribution in [1.82, 2.24) is 9.88 Å². The van der Waals surface area contributed by atoms with E-state index in [0.29, 0.717) is 23.5 Å². The molecule has 2 fully saturated rings. The number of hydrogen-bond acceptors (Lipinski definition) is 4. The van der Waals surface area contributed by atoms with Gasteiger partial charge in [-0.05, 0) is 32.4 Å². The molecule has 7 heteroatoms. The van der Waals surface area contributed by atoms with Crippen LogP contribution in [0.1, 0.15) is 25.0 Å². The topological polar surface area (TPSA) is 45.4 Å². The fourth-order valence-corrected chi connectivity index (χ4v) is 3.41. The molecule has 21 heavy (non-hydrogen) atoms. The predicted octanol–water partition coefficient (Wildman–Crippen LogP) is 2.36. The molecule has 2 aliphatic heterocycles. The van der Waals surface area contributed by atoms with Gasteiger partial charge in [0.25, 0.3) is 0 Å². The van der Waals surface area contributed by atoms with E-state index in [-0.39, 0.29) is 0 Å². The minimum Gasteiger partial charge on any atom is -0.396 e. The summed E-state index contributed by atoms with van der Waals surface area (Å²) in [6.07, 6.45) is -0.103. The van der Waals surface area contributed by atoms with Crippen LogP contribution in [0.5, 0.6) is 0 Å². The maximum absolute atomic E-state index is 12.8. The summed E-state index contributed by atoms with van der Waals surface area (Å²) in [7, 11) is 2.10. The molecule has 0 radical (unpaired) electrons. The highest BCUT2D eigenvalue weighted by Gasteiger charge is 2.37. The number of halogens is 3. The Balaban J connectivity index is 1.89. The molecule has 2 N–H and O–H groups in total. The molecule has 1 aromatic heterocycles. The van der Waals surface area contributed by atoms with E-state index in [2.05, 4.69) is 16.9 Å². The summed E-state index contributed by atoms with van der Waals surface area (Å²) in [6, 6.07) is 2.00. The molecule has 0 amide bonds. The van der Waals surface area contributed by atoms with E-state index in [0.717, 1.165) is 38.2 Å².